The van der Waals surface area contributed by atoms with Crippen LogP contribution in [0.5, 0.6) is 0 Å². The van der Waals surface area contributed by atoms with E-state index in [1.165, 1.54) is 28.3 Å². The number of nitrogens with zero attached hydrogens (tertiary/aromatic N) is 2. The van der Waals surface area contributed by atoms with Crippen molar-refractivity contribution in [1.82, 2.24) is 9.55 Å². The van der Waals surface area contributed by atoms with E-state index in [0.717, 1.165) is 5.92 Å². The third-order valence-corrected chi connectivity index (χ3v) is 10.5. The van der Waals surface area contributed by atoms with Crippen molar-refractivity contribution in [2.75, 3.05) is 0 Å². The molecular weight excluding hydrogens is 463 g/mol. The van der Waals surface area contributed by atoms with Crippen molar-refractivity contribution in [3.05, 3.63) is 162 Å². The first-order chi connectivity index (χ1) is 18.1. The van der Waals surface area contributed by atoms with Crippen LogP contribution in [0.4, 0.5) is 0 Å². The largest absolute Gasteiger partial charge is 0.327 e. The van der Waals surface area contributed by atoms with E-state index >= 15 is 0 Å². The van der Waals surface area contributed by atoms with Crippen molar-refractivity contribution >= 4 is 17.4 Å². The minimum Gasteiger partial charge on any atom is -0.327 e. The summed E-state index contributed by atoms with van der Waals surface area (Å²) in [5.74, 6) is 1.20. The van der Waals surface area contributed by atoms with Crippen LogP contribution in [0.25, 0.3) is 0 Å². The van der Waals surface area contributed by atoms with E-state index in [9.17, 15) is 0 Å². The molecule has 0 atom stereocenters. The summed E-state index contributed by atoms with van der Waals surface area (Å²) in [5.41, 5.74) is 5.49. The van der Waals surface area contributed by atoms with Gasteiger partial charge in [-0.1, -0.05) is 141 Å². The molecule has 4 aromatic carbocycles. The third kappa shape index (κ3) is 6.58. The predicted molar refractivity (Wildman–Crippen MR) is 163 cm³/mol. The first-order valence-electron chi connectivity index (χ1n) is 13.3. The maximum Gasteiger partial charge on any atom is 0.116 e. The van der Waals surface area contributed by atoms with Crippen molar-refractivity contribution < 1.29 is 0 Å². The van der Waals surface area contributed by atoms with Gasteiger partial charge < -0.3 is 4.57 Å². The minimum atomic E-state index is -0.472. The number of aromatic nitrogens is 2. The molecule has 0 N–H and O–H groups in total. The summed E-state index contributed by atoms with van der Waals surface area (Å²) in [4.78, 5) is 4.35. The van der Waals surface area contributed by atoms with E-state index < -0.39 is 9.52 Å². The number of benzene rings is 4. The molecule has 0 bridgehead atoms. The van der Waals surface area contributed by atoms with Crippen molar-refractivity contribution in [2.24, 2.45) is 5.92 Å². The Hall–Kier alpha value is -3.63. The van der Waals surface area contributed by atoms with E-state index in [4.69, 9.17) is 0 Å². The Kier molecular flexibility index (Phi) is 9.34. The van der Waals surface area contributed by atoms with Gasteiger partial charge in [-0.05, 0) is 34.0 Å². The van der Waals surface area contributed by atoms with Crippen LogP contribution in [0, 0.1) is 5.92 Å². The van der Waals surface area contributed by atoms with Gasteiger partial charge in [-0.25, -0.2) is 4.98 Å². The summed E-state index contributed by atoms with van der Waals surface area (Å²) in [5, 5.41) is -0.0662. The third-order valence-electron chi connectivity index (χ3n) is 7.13. The molecule has 0 fully saturated rings. The summed E-state index contributed by atoms with van der Waals surface area (Å²) in [6.07, 6.45) is 5.99. The van der Waals surface area contributed by atoms with Crippen molar-refractivity contribution in [1.29, 1.82) is 0 Å². The lowest BCUT2D eigenvalue weighted by Crippen LogP contribution is -2.42. The highest BCUT2D eigenvalue weighted by Gasteiger charge is 2.35. The summed E-state index contributed by atoms with van der Waals surface area (Å²) < 4.78 is 2.33. The Morgan fingerprint density at radius 1 is 0.703 bits per heavy atom. The Labute approximate surface area is 225 Å². The minimum absolute atomic E-state index is 0.0662. The van der Waals surface area contributed by atoms with Gasteiger partial charge >= 0.3 is 0 Å². The standard InChI is InChI=1S/C20H24N2Si.C13H13B/c1-17(2)15-23-20(22-14-13-21-16-22,18-9-5-3-6-10-18)19-11-7-4-8-12-19;14-13(11-7-3-1-4-8-11)12-9-5-2-6-10-12/h3-14,16-17H,15,23H2,1-2H3;1-10,13H,14H2. The lowest BCUT2D eigenvalue weighted by atomic mass is 9.76. The fourth-order valence-electron chi connectivity index (χ4n) is 4.97. The molecule has 0 saturated carbocycles. The molecule has 0 amide bonds. The number of rotatable bonds is 8. The predicted octanol–water partition coefficient (Wildman–Crippen LogP) is 6.28. The van der Waals surface area contributed by atoms with Crippen LogP contribution in [0.15, 0.2) is 140 Å². The SMILES string of the molecule is BC(c1ccccc1)c1ccccc1.CC(C)C[SiH2]C(c1ccccc1)(c1ccccc1)n1ccnc1. The Morgan fingerprint density at radius 3 is 1.51 bits per heavy atom. The molecule has 5 rings (SSSR count). The van der Waals surface area contributed by atoms with Crippen LogP contribution in [0.3, 0.4) is 0 Å². The molecule has 2 nitrogen and oxygen atoms in total. The zero-order valence-corrected chi connectivity index (χ0v) is 23.7. The van der Waals surface area contributed by atoms with Crippen LogP contribution < -0.4 is 0 Å². The molecule has 5 aromatic rings. The lowest BCUT2D eigenvalue weighted by molar-refractivity contribution is 0.581. The maximum absolute atomic E-state index is 4.35. The van der Waals surface area contributed by atoms with Crippen molar-refractivity contribution in [3.63, 3.8) is 0 Å². The van der Waals surface area contributed by atoms with Gasteiger partial charge in [-0.15, -0.1) is 0 Å². The second kappa shape index (κ2) is 13.1. The zero-order valence-electron chi connectivity index (χ0n) is 22.2. The van der Waals surface area contributed by atoms with Gasteiger partial charge in [0.1, 0.15) is 7.85 Å². The van der Waals surface area contributed by atoms with Crippen LogP contribution in [-0.2, 0) is 5.16 Å². The van der Waals surface area contributed by atoms with E-state index in [0.29, 0.717) is 5.82 Å². The van der Waals surface area contributed by atoms with Gasteiger partial charge in [0.05, 0.1) is 21.0 Å². The molecule has 1 heterocycles. The second-order valence-electron chi connectivity index (χ2n) is 10.0. The van der Waals surface area contributed by atoms with Gasteiger partial charge in [0.2, 0.25) is 0 Å². The van der Waals surface area contributed by atoms with Crippen LogP contribution in [0.1, 0.15) is 41.9 Å². The fourth-order valence-corrected chi connectivity index (χ4v) is 7.46. The fraction of sp³-hybridized carbons (Fsp3) is 0.182. The number of hydrogen-bond donors (Lipinski definition) is 0. The van der Waals surface area contributed by atoms with Crippen LogP contribution in [-0.4, -0.2) is 26.9 Å². The quantitative estimate of drug-likeness (QED) is 0.229. The highest BCUT2D eigenvalue weighted by atomic mass is 28.2. The molecular formula is C33H37BN2Si. The normalized spacial score (nSPS) is 11.6. The average molecular weight is 501 g/mol. The van der Waals surface area contributed by atoms with E-state index in [1.54, 1.807) is 0 Å². The summed E-state index contributed by atoms with van der Waals surface area (Å²) in [7, 11) is 1.77. The maximum atomic E-state index is 4.35. The smallest absolute Gasteiger partial charge is 0.116 e. The van der Waals surface area contributed by atoms with Crippen LogP contribution in [0.2, 0.25) is 6.04 Å². The van der Waals surface area contributed by atoms with Crippen molar-refractivity contribution in [2.45, 2.75) is 30.9 Å². The molecule has 0 aliphatic heterocycles. The van der Waals surface area contributed by atoms with Crippen molar-refractivity contribution in [3.8, 4) is 0 Å². The lowest BCUT2D eigenvalue weighted by Gasteiger charge is -2.37. The number of hydrogen-bond acceptors (Lipinski definition) is 1. The number of imidazole rings is 1. The van der Waals surface area contributed by atoms with Crippen LogP contribution >= 0.6 is 0 Å². The Morgan fingerprint density at radius 2 is 1.14 bits per heavy atom. The first-order valence-corrected chi connectivity index (χ1v) is 15.0. The Balaban J connectivity index is 0.000000195. The highest BCUT2D eigenvalue weighted by molar-refractivity contribution is 6.41. The molecule has 0 saturated heterocycles. The first kappa shape index (κ1) is 26.4. The molecule has 0 radical (unpaired) electrons. The summed E-state index contributed by atoms with van der Waals surface area (Å²) >= 11 is 0. The monoisotopic (exact) mass is 500 g/mol. The van der Waals surface area contributed by atoms with Gasteiger partial charge in [-0.2, -0.15) is 0 Å². The van der Waals surface area contributed by atoms with Gasteiger partial charge in [0, 0.05) is 12.4 Å². The van der Waals surface area contributed by atoms with E-state index in [2.05, 4.69) is 159 Å². The molecule has 0 spiro atoms. The van der Waals surface area contributed by atoms with Gasteiger partial charge in [0.25, 0.3) is 0 Å². The molecule has 0 aliphatic rings. The summed E-state index contributed by atoms with van der Waals surface area (Å²) in [6, 6.07) is 44.3. The molecule has 0 unspecified atom stereocenters. The Bertz CT molecular complexity index is 1210. The molecule has 186 valence electrons. The van der Waals surface area contributed by atoms with E-state index in [1.807, 2.05) is 12.5 Å². The van der Waals surface area contributed by atoms with Gasteiger partial charge in [-0.3, -0.25) is 0 Å². The topological polar surface area (TPSA) is 17.8 Å². The molecule has 0 aliphatic carbocycles. The molecule has 4 heteroatoms. The zero-order chi connectivity index (χ0) is 25.9. The average Bonchev–Trinajstić information content (AvgIpc) is 3.51. The second-order valence-corrected chi connectivity index (χ2v) is 12.1. The molecule has 37 heavy (non-hydrogen) atoms. The van der Waals surface area contributed by atoms with Gasteiger partial charge in [0.15, 0.2) is 0 Å². The van der Waals surface area contributed by atoms with E-state index in [-0.39, 0.29) is 5.16 Å². The highest BCUT2D eigenvalue weighted by Crippen LogP contribution is 2.34. The summed E-state index contributed by atoms with van der Waals surface area (Å²) in [6.45, 7) is 4.64. The molecule has 1 aromatic heterocycles.